The van der Waals surface area contributed by atoms with E-state index in [2.05, 4.69) is 15.2 Å². The largest absolute Gasteiger partial charge is 0.464 e. The van der Waals surface area contributed by atoms with E-state index in [-0.39, 0.29) is 23.3 Å². The minimum absolute atomic E-state index is 0.0336. The second-order valence-electron chi connectivity index (χ2n) is 6.86. The van der Waals surface area contributed by atoms with E-state index >= 15 is 0 Å². The van der Waals surface area contributed by atoms with Crippen LogP contribution in [0.15, 0.2) is 46.9 Å². The SMILES string of the molecule is COC(=O)c1cc(-c2nnc(C(C)Cc3ccccc3)o2)cc(N(C)S(C)(=O)=O)n1. The average molecular weight is 430 g/mol. The number of anilines is 1. The predicted molar refractivity (Wildman–Crippen MR) is 111 cm³/mol. The van der Waals surface area contributed by atoms with E-state index in [0.717, 1.165) is 16.1 Å². The Morgan fingerprint density at radius 3 is 2.53 bits per heavy atom. The fourth-order valence-corrected chi connectivity index (χ4v) is 3.22. The summed E-state index contributed by atoms with van der Waals surface area (Å²) >= 11 is 0. The molecule has 0 saturated heterocycles. The molecule has 0 aliphatic heterocycles. The molecule has 0 radical (unpaired) electrons. The van der Waals surface area contributed by atoms with Crippen LogP contribution in [0.2, 0.25) is 0 Å². The Morgan fingerprint density at radius 2 is 1.90 bits per heavy atom. The maximum atomic E-state index is 12.0. The molecule has 1 aromatic carbocycles. The van der Waals surface area contributed by atoms with Crippen molar-refractivity contribution in [3.8, 4) is 11.5 Å². The highest BCUT2D eigenvalue weighted by Gasteiger charge is 2.22. The van der Waals surface area contributed by atoms with Gasteiger partial charge in [0.25, 0.3) is 0 Å². The zero-order valence-electron chi connectivity index (χ0n) is 17.1. The molecule has 0 bridgehead atoms. The van der Waals surface area contributed by atoms with Crippen molar-refractivity contribution >= 4 is 21.8 Å². The van der Waals surface area contributed by atoms with Crippen LogP contribution in [-0.4, -0.2) is 50.0 Å². The lowest BCUT2D eigenvalue weighted by Gasteiger charge is -2.16. The molecular formula is C20H22N4O5S. The van der Waals surface area contributed by atoms with Crippen LogP contribution in [-0.2, 0) is 21.2 Å². The Balaban J connectivity index is 1.96. The van der Waals surface area contributed by atoms with Gasteiger partial charge in [0.1, 0.15) is 5.82 Å². The van der Waals surface area contributed by atoms with Crippen molar-refractivity contribution in [2.75, 3.05) is 24.7 Å². The van der Waals surface area contributed by atoms with Crippen molar-refractivity contribution in [1.82, 2.24) is 15.2 Å². The fourth-order valence-electron chi connectivity index (χ4n) is 2.79. The Kier molecular flexibility index (Phi) is 6.16. The summed E-state index contributed by atoms with van der Waals surface area (Å²) < 4.78 is 35.3. The van der Waals surface area contributed by atoms with Gasteiger partial charge in [-0.05, 0) is 24.1 Å². The molecule has 0 spiro atoms. The second-order valence-corrected chi connectivity index (χ2v) is 8.87. The fraction of sp³-hybridized carbons (Fsp3) is 0.300. The molecule has 0 amide bonds. The molecule has 10 heteroatoms. The Morgan fingerprint density at radius 1 is 1.20 bits per heavy atom. The first kappa shape index (κ1) is 21.4. The van der Waals surface area contributed by atoms with Gasteiger partial charge >= 0.3 is 5.97 Å². The molecule has 0 fully saturated rings. The Hall–Kier alpha value is -3.27. The summed E-state index contributed by atoms with van der Waals surface area (Å²) in [6.07, 6.45) is 1.75. The number of carbonyl (C=O) groups is 1. The highest BCUT2D eigenvalue weighted by atomic mass is 32.2. The van der Waals surface area contributed by atoms with Crippen LogP contribution >= 0.6 is 0 Å². The van der Waals surface area contributed by atoms with Gasteiger partial charge in [0.15, 0.2) is 5.69 Å². The van der Waals surface area contributed by atoms with Crippen LogP contribution in [0.3, 0.4) is 0 Å². The van der Waals surface area contributed by atoms with E-state index in [9.17, 15) is 13.2 Å². The number of carbonyl (C=O) groups excluding carboxylic acids is 1. The number of hydrogen-bond acceptors (Lipinski definition) is 8. The van der Waals surface area contributed by atoms with Crippen LogP contribution in [0.25, 0.3) is 11.5 Å². The molecule has 0 saturated carbocycles. The molecular weight excluding hydrogens is 408 g/mol. The van der Waals surface area contributed by atoms with Crippen molar-refractivity contribution < 1.29 is 22.4 Å². The summed E-state index contributed by atoms with van der Waals surface area (Å²) in [5.74, 6) is -0.123. The highest BCUT2D eigenvalue weighted by Crippen LogP contribution is 2.27. The number of ether oxygens (including phenoxy) is 1. The molecule has 158 valence electrons. The van der Waals surface area contributed by atoms with Gasteiger partial charge in [-0.25, -0.2) is 18.2 Å². The van der Waals surface area contributed by atoms with Crippen LogP contribution in [0, 0.1) is 0 Å². The van der Waals surface area contributed by atoms with Gasteiger partial charge in [0, 0.05) is 18.5 Å². The molecule has 2 aromatic heterocycles. The number of pyridine rings is 1. The number of rotatable bonds is 7. The maximum Gasteiger partial charge on any atom is 0.356 e. The number of esters is 1. The first-order valence-electron chi connectivity index (χ1n) is 9.11. The lowest BCUT2D eigenvalue weighted by molar-refractivity contribution is 0.0594. The third-order valence-corrected chi connectivity index (χ3v) is 5.70. The van der Waals surface area contributed by atoms with Gasteiger partial charge in [-0.2, -0.15) is 0 Å². The van der Waals surface area contributed by atoms with Crippen molar-refractivity contribution in [2.24, 2.45) is 0 Å². The highest BCUT2D eigenvalue weighted by molar-refractivity contribution is 7.92. The van der Waals surface area contributed by atoms with Crippen molar-refractivity contribution in [3.63, 3.8) is 0 Å². The molecule has 30 heavy (non-hydrogen) atoms. The summed E-state index contributed by atoms with van der Waals surface area (Å²) in [7, 11) is -1.04. The minimum Gasteiger partial charge on any atom is -0.464 e. The van der Waals surface area contributed by atoms with Crippen molar-refractivity contribution in [3.05, 3.63) is 59.6 Å². The lowest BCUT2D eigenvalue weighted by atomic mass is 10.0. The Labute approximate surface area is 174 Å². The van der Waals surface area contributed by atoms with E-state index in [0.29, 0.717) is 17.9 Å². The number of sulfonamides is 1. The zero-order chi connectivity index (χ0) is 21.9. The van der Waals surface area contributed by atoms with Gasteiger partial charge in [0.05, 0.1) is 13.4 Å². The molecule has 3 aromatic rings. The summed E-state index contributed by atoms with van der Waals surface area (Å²) in [6.45, 7) is 1.97. The standard InChI is InChI=1S/C20H22N4O5S/c1-13(10-14-8-6-5-7-9-14)18-22-23-19(29-18)15-11-16(20(25)28-3)21-17(12-15)24(2)30(4,26)27/h5-9,11-13H,10H2,1-4H3. The number of aromatic nitrogens is 3. The lowest BCUT2D eigenvalue weighted by Crippen LogP contribution is -2.26. The molecule has 1 unspecified atom stereocenters. The molecule has 9 nitrogen and oxygen atoms in total. The molecule has 2 heterocycles. The van der Waals surface area contributed by atoms with Gasteiger partial charge in [-0.3, -0.25) is 4.31 Å². The summed E-state index contributed by atoms with van der Waals surface area (Å²) in [6, 6.07) is 12.8. The number of nitrogens with zero attached hydrogens (tertiary/aromatic N) is 4. The summed E-state index contributed by atoms with van der Waals surface area (Å²) in [5.41, 5.74) is 1.43. The molecule has 0 aliphatic carbocycles. The van der Waals surface area contributed by atoms with E-state index < -0.39 is 16.0 Å². The summed E-state index contributed by atoms with van der Waals surface area (Å²) in [5, 5.41) is 8.20. The average Bonchev–Trinajstić information content (AvgIpc) is 3.23. The summed E-state index contributed by atoms with van der Waals surface area (Å²) in [4.78, 5) is 16.1. The third-order valence-electron chi connectivity index (χ3n) is 4.52. The normalized spacial score (nSPS) is 12.4. The molecule has 0 aliphatic rings. The van der Waals surface area contributed by atoms with E-state index in [1.165, 1.54) is 26.3 Å². The molecule has 3 rings (SSSR count). The van der Waals surface area contributed by atoms with E-state index in [4.69, 9.17) is 9.15 Å². The molecule has 0 N–H and O–H groups in total. The molecule has 1 atom stereocenters. The Bertz CT molecular complexity index is 1150. The van der Waals surface area contributed by atoms with Gasteiger partial charge in [0.2, 0.25) is 21.8 Å². The minimum atomic E-state index is -3.59. The monoisotopic (exact) mass is 430 g/mol. The zero-order valence-corrected chi connectivity index (χ0v) is 17.9. The first-order valence-corrected chi connectivity index (χ1v) is 11.0. The van der Waals surface area contributed by atoms with Crippen molar-refractivity contribution in [1.29, 1.82) is 0 Å². The predicted octanol–water partition coefficient (Wildman–Crippen LogP) is 2.66. The smallest absolute Gasteiger partial charge is 0.356 e. The van der Waals surface area contributed by atoms with Crippen molar-refractivity contribution in [2.45, 2.75) is 19.3 Å². The third kappa shape index (κ3) is 4.82. The number of hydrogen-bond donors (Lipinski definition) is 0. The van der Waals surface area contributed by atoms with Crippen LogP contribution in [0.5, 0.6) is 0 Å². The van der Waals surface area contributed by atoms with Gasteiger partial charge < -0.3 is 9.15 Å². The topological polar surface area (TPSA) is 115 Å². The van der Waals surface area contributed by atoms with Crippen LogP contribution < -0.4 is 4.31 Å². The number of methoxy groups -OCH3 is 1. The quantitative estimate of drug-likeness (QED) is 0.525. The van der Waals surface area contributed by atoms with Crippen LogP contribution in [0.1, 0.15) is 34.8 Å². The maximum absolute atomic E-state index is 12.0. The first-order chi connectivity index (χ1) is 14.2. The number of benzene rings is 1. The van der Waals surface area contributed by atoms with Gasteiger partial charge in [-0.15, -0.1) is 10.2 Å². The van der Waals surface area contributed by atoms with Crippen LogP contribution in [0.4, 0.5) is 5.82 Å². The van der Waals surface area contributed by atoms with Gasteiger partial charge in [-0.1, -0.05) is 37.3 Å². The van der Waals surface area contributed by atoms with E-state index in [1.807, 2.05) is 37.3 Å². The van der Waals surface area contributed by atoms with E-state index in [1.54, 1.807) is 0 Å². The second kappa shape index (κ2) is 8.62.